The van der Waals surface area contributed by atoms with E-state index in [0.717, 1.165) is 30.6 Å². The Morgan fingerprint density at radius 1 is 1.28 bits per heavy atom. The van der Waals surface area contributed by atoms with E-state index in [9.17, 15) is 8.42 Å². The van der Waals surface area contributed by atoms with Crippen LogP contribution >= 0.6 is 24.0 Å². The molecule has 3 rings (SSSR count). The topological polar surface area (TPSA) is 91.8 Å². The van der Waals surface area contributed by atoms with E-state index in [4.69, 9.17) is 4.74 Å². The van der Waals surface area contributed by atoms with Crippen LogP contribution in [0.2, 0.25) is 0 Å². The molecule has 0 aromatic heterocycles. The van der Waals surface area contributed by atoms with Gasteiger partial charge < -0.3 is 15.4 Å². The second-order valence-electron chi connectivity index (χ2n) is 6.36. The molecular weight excluding hydrogens is 455 g/mol. The van der Waals surface area contributed by atoms with Gasteiger partial charge >= 0.3 is 0 Å². The summed E-state index contributed by atoms with van der Waals surface area (Å²) in [5.74, 6) is 0.759. The summed E-state index contributed by atoms with van der Waals surface area (Å²) in [6.45, 7) is 0.612. The summed E-state index contributed by atoms with van der Waals surface area (Å²) in [5, 5.41) is 6.72. The zero-order valence-electron chi connectivity index (χ0n) is 14.4. The molecule has 3 unspecified atom stereocenters. The molecule has 140 valence electrons. The third-order valence-corrected chi connectivity index (χ3v) is 4.98. The second-order valence-corrected chi connectivity index (χ2v) is 8.11. The zero-order valence-corrected chi connectivity index (χ0v) is 17.5. The van der Waals surface area contributed by atoms with Crippen LogP contribution in [0.4, 0.5) is 5.69 Å². The van der Waals surface area contributed by atoms with Gasteiger partial charge in [-0.2, -0.15) is 0 Å². The summed E-state index contributed by atoms with van der Waals surface area (Å²) in [5.41, 5.74) is 1.60. The Balaban J connectivity index is 0.00000225. The maximum atomic E-state index is 11.2. The summed E-state index contributed by atoms with van der Waals surface area (Å²) in [7, 11) is -1.49. The van der Waals surface area contributed by atoms with Gasteiger partial charge in [-0.25, -0.2) is 8.42 Å². The van der Waals surface area contributed by atoms with Crippen molar-refractivity contribution in [3.05, 3.63) is 29.8 Å². The molecule has 2 aliphatic heterocycles. The molecule has 25 heavy (non-hydrogen) atoms. The number of ether oxygens (including phenoxy) is 1. The number of fused-ring (bicyclic) bond motifs is 2. The molecule has 2 saturated heterocycles. The van der Waals surface area contributed by atoms with E-state index in [1.807, 2.05) is 12.1 Å². The van der Waals surface area contributed by atoms with E-state index in [1.165, 1.54) is 6.42 Å². The molecule has 0 amide bonds. The number of halogens is 1. The van der Waals surface area contributed by atoms with Gasteiger partial charge in [0.05, 0.1) is 24.5 Å². The van der Waals surface area contributed by atoms with Crippen molar-refractivity contribution < 1.29 is 13.2 Å². The van der Waals surface area contributed by atoms with Crippen molar-refractivity contribution >= 4 is 45.6 Å². The SMILES string of the molecule is CN=C(NCc1ccc(NS(C)(=O)=O)cc1)NC1CC2CCC1O2.I. The normalized spacial score (nSPS) is 25.4. The van der Waals surface area contributed by atoms with Crippen molar-refractivity contribution in [1.82, 2.24) is 10.6 Å². The molecule has 3 N–H and O–H groups in total. The molecule has 2 aliphatic rings. The van der Waals surface area contributed by atoms with Crippen LogP contribution in [0.15, 0.2) is 29.3 Å². The number of anilines is 1. The number of aliphatic imine (C=N–C) groups is 1. The molecular formula is C16H25IN4O3S. The average Bonchev–Trinajstić information content (AvgIpc) is 3.14. The molecule has 0 radical (unpaired) electrons. The molecule has 1 aromatic rings. The third-order valence-electron chi connectivity index (χ3n) is 4.37. The van der Waals surface area contributed by atoms with E-state index in [1.54, 1.807) is 19.2 Å². The Morgan fingerprint density at radius 2 is 2.00 bits per heavy atom. The second kappa shape index (κ2) is 8.54. The third kappa shape index (κ3) is 5.71. The van der Waals surface area contributed by atoms with Crippen LogP contribution < -0.4 is 15.4 Å². The minimum Gasteiger partial charge on any atom is -0.373 e. The van der Waals surface area contributed by atoms with E-state index < -0.39 is 10.0 Å². The smallest absolute Gasteiger partial charge is 0.229 e. The number of hydrogen-bond acceptors (Lipinski definition) is 4. The van der Waals surface area contributed by atoms with E-state index in [2.05, 4.69) is 20.3 Å². The number of rotatable bonds is 5. The Labute approximate surface area is 166 Å². The largest absolute Gasteiger partial charge is 0.373 e. The number of benzene rings is 1. The van der Waals surface area contributed by atoms with Gasteiger partial charge in [0, 0.05) is 19.3 Å². The molecule has 2 fully saturated rings. The average molecular weight is 480 g/mol. The fourth-order valence-corrected chi connectivity index (χ4v) is 3.81. The Hall–Kier alpha value is -1.07. The molecule has 3 atom stereocenters. The van der Waals surface area contributed by atoms with Gasteiger partial charge in [-0.3, -0.25) is 9.71 Å². The number of nitrogens with zero attached hydrogens (tertiary/aromatic N) is 1. The highest BCUT2D eigenvalue weighted by Crippen LogP contribution is 2.34. The van der Waals surface area contributed by atoms with Gasteiger partial charge in [0.15, 0.2) is 5.96 Å². The van der Waals surface area contributed by atoms with E-state index in [-0.39, 0.29) is 24.0 Å². The molecule has 0 saturated carbocycles. The lowest BCUT2D eigenvalue weighted by Crippen LogP contribution is -2.47. The molecule has 2 heterocycles. The predicted molar refractivity (Wildman–Crippen MR) is 110 cm³/mol. The van der Waals surface area contributed by atoms with Crippen molar-refractivity contribution in [2.45, 2.75) is 44.1 Å². The number of sulfonamides is 1. The van der Waals surface area contributed by atoms with Gasteiger partial charge in [0.2, 0.25) is 10.0 Å². The maximum absolute atomic E-state index is 11.2. The Bertz CT molecular complexity index is 709. The fourth-order valence-electron chi connectivity index (χ4n) is 3.25. The van der Waals surface area contributed by atoms with Gasteiger partial charge in [-0.15, -0.1) is 24.0 Å². The molecule has 2 bridgehead atoms. The van der Waals surface area contributed by atoms with Crippen LogP contribution in [0.3, 0.4) is 0 Å². The van der Waals surface area contributed by atoms with Gasteiger partial charge in [-0.1, -0.05) is 12.1 Å². The van der Waals surface area contributed by atoms with Crippen LogP contribution in [-0.2, 0) is 21.3 Å². The minimum atomic E-state index is -3.24. The molecule has 1 aromatic carbocycles. The standard InChI is InChI=1S/C16H24N4O3S.HI/c1-17-16(19-14-9-13-7-8-15(14)23-13)18-10-11-3-5-12(6-4-11)20-24(2,21)22;/h3-6,13-15,20H,7-10H2,1-2H3,(H2,17,18,19);1H. The Morgan fingerprint density at radius 3 is 2.52 bits per heavy atom. The maximum Gasteiger partial charge on any atom is 0.229 e. The van der Waals surface area contributed by atoms with Gasteiger partial charge in [0.1, 0.15) is 0 Å². The fraction of sp³-hybridized carbons (Fsp3) is 0.562. The first-order valence-electron chi connectivity index (χ1n) is 8.12. The molecule has 0 spiro atoms. The monoisotopic (exact) mass is 480 g/mol. The van der Waals surface area contributed by atoms with Crippen LogP contribution in [0.1, 0.15) is 24.8 Å². The van der Waals surface area contributed by atoms with Gasteiger partial charge in [0.25, 0.3) is 0 Å². The summed E-state index contributed by atoms with van der Waals surface area (Å²) in [6, 6.07) is 7.59. The summed E-state index contributed by atoms with van der Waals surface area (Å²) in [6.07, 6.45) is 5.17. The molecule has 7 nitrogen and oxygen atoms in total. The summed E-state index contributed by atoms with van der Waals surface area (Å²) >= 11 is 0. The van der Waals surface area contributed by atoms with Crippen molar-refractivity contribution in [1.29, 1.82) is 0 Å². The van der Waals surface area contributed by atoms with Crippen LogP contribution in [0.25, 0.3) is 0 Å². The summed E-state index contributed by atoms with van der Waals surface area (Å²) < 4.78 is 30.7. The molecule has 9 heteroatoms. The van der Waals surface area contributed by atoms with Crippen molar-refractivity contribution in [2.24, 2.45) is 4.99 Å². The molecule has 0 aliphatic carbocycles. The van der Waals surface area contributed by atoms with Gasteiger partial charge in [-0.05, 0) is 37.0 Å². The van der Waals surface area contributed by atoms with E-state index in [0.29, 0.717) is 30.5 Å². The predicted octanol–water partition coefficient (Wildman–Crippen LogP) is 1.66. The first-order chi connectivity index (χ1) is 11.4. The van der Waals surface area contributed by atoms with Crippen LogP contribution in [-0.4, -0.2) is 45.9 Å². The summed E-state index contributed by atoms with van der Waals surface area (Å²) in [4.78, 5) is 4.26. The van der Waals surface area contributed by atoms with Crippen LogP contribution in [0, 0.1) is 0 Å². The highest BCUT2D eigenvalue weighted by Gasteiger charge is 2.41. The minimum absolute atomic E-state index is 0. The van der Waals surface area contributed by atoms with E-state index >= 15 is 0 Å². The Kier molecular flexibility index (Phi) is 6.92. The van der Waals surface area contributed by atoms with Crippen molar-refractivity contribution in [3.63, 3.8) is 0 Å². The number of guanidine groups is 1. The number of nitrogens with one attached hydrogen (secondary N) is 3. The van der Waals surface area contributed by atoms with Crippen molar-refractivity contribution in [3.8, 4) is 0 Å². The number of hydrogen-bond donors (Lipinski definition) is 3. The lowest BCUT2D eigenvalue weighted by Gasteiger charge is -2.22. The highest BCUT2D eigenvalue weighted by atomic mass is 127. The first kappa shape index (κ1) is 20.2. The van der Waals surface area contributed by atoms with Crippen molar-refractivity contribution in [2.75, 3.05) is 18.0 Å². The van der Waals surface area contributed by atoms with Crippen LogP contribution in [0.5, 0.6) is 0 Å². The first-order valence-corrected chi connectivity index (χ1v) is 10.0. The zero-order chi connectivity index (χ0) is 17.2. The quantitative estimate of drug-likeness (QED) is 0.339. The highest BCUT2D eigenvalue weighted by molar-refractivity contribution is 14.0. The lowest BCUT2D eigenvalue weighted by molar-refractivity contribution is 0.0992. The lowest BCUT2D eigenvalue weighted by atomic mass is 9.96.